The topological polar surface area (TPSA) is 42.9 Å². The van der Waals surface area contributed by atoms with Crippen molar-refractivity contribution in [2.45, 2.75) is 53.4 Å². The van der Waals surface area contributed by atoms with Crippen LogP contribution < -0.4 is 0 Å². The second-order valence-electron chi connectivity index (χ2n) is 8.36. The van der Waals surface area contributed by atoms with E-state index < -0.39 is 0 Å². The van der Waals surface area contributed by atoms with Gasteiger partial charge in [-0.2, -0.15) is 0 Å². The van der Waals surface area contributed by atoms with Crippen molar-refractivity contribution in [1.82, 2.24) is 9.97 Å². The highest BCUT2D eigenvalue weighted by molar-refractivity contribution is 7.16. The molecule has 0 N–H and O–H groups in total. The molecule has 0 radical (unpaired) electrons. The maximum absolute atomic E-state index is 12.4. The van der Waals surface area contributed by atoms with E-state index in [9.17, 15) is 4.79 Å². The van der Waals surface area contributed by atoms with E-state index in [0.29, 0.717) is 6.42 Å². The number of carbonyl (C=O) groups is 1. The smallest absolute Gasteiger partial charge is 0.144 e. The lowest BCUT2D eigenvalue weighted by molar-refractivity contribution is -0.125. The summed E-state index contributed by atoms with van der Waals surface area (Å²) in [6.45, 7) is 8.00. The number of hydrogen-bond acceptors (Lipinski definition) is 5. The van der Waals surface area contributed by atoms with E-state index in [-0.39, 0.29) is 11.2 Å². The summed E-state index contributed by atoms with van der Waals surface area (Å²) in [5, 5.41) is 2.79. The van der Waals surface area contributed by atoms with Crippen molar-refractivity contribution in [1.29, 1.82) is 0 Å². The van der Waals surface area contributed by atoms with Gasteiger partial charge in [-0.05, 0) is 43.0 Å². The maximum Gasteiger partial charge on any atom is 0.144 e. The summed E-state index contributed by atoms with van der Waals surface area (Å²) < 4.78 is 0. The number of hydrogen-bond donors (Lipinski definition) is 0. The van der Waals surface area contributed by atoms with Gasteiger partial charge in [0.2, 0.25) is 0 Å². The number of nitrogens with zero attached hydrogens (tertiary/aromatic N) is 2. The Morgan fingerprint density at radius 3 is 2.68 bits per heavy atom. The van der Waals surface area contributed by atoms with Gasteiger partial charge in [-0.15, -0.1) is 22.7 Å². The van der Waals surface area contributed by atoms with E-state index in [1.165, 1.54) is 16.0 Å². The lowest BCUT2D eigenvalue weighted by atomic mass is 9.89. The normalized spacial score (nSPS) is 13.3. The summed E-state index contributed by atoms with van der Waals surface area (Å²) in [4.78, 5) is 24.6. The van der Waals surface area contributed by atoms with Crippen molar-refractivity contribution >= 4 is 40.1 Å². The lowest BCUT2D eigenvalue weighted by Crippen LogP contribution is -2.22. The molecule has 1 aliphatic rings. The molecule has 0 saturated heterocycles. The van der Waals surface area contributed by atoms with Crippen LogP contribution in [-0.4, -0.2) is 15.8 Å². The van der Waals surface area contributed by atoms with Crippen LogP contribution in [0.1, 0.15) is 52.5 Å². The maximum atomic E-state index is 12.4. The minimum atomic E-state index is -0.333. The van der Waals surface area contributed by atoms with Gasteiger partial charge in [0.05, 0.1) is 27.7 Å². The zero-order valence-electron chi connectivity index (χ0n) is 16.6. The van der Waals surface area contributed by atoms with E-state index in [1.54, 1.807) is 22.7 Å². The number of thiazole rings is 2. The summed E-state index contributed by atoms with van der Waals surface area (Å²) in [6, 6.07) is 6.02. The van der Waals surface area contributed by atoms with Crippen LogP contribution in [0, 0.1) is 12.3 Å². The molecule has 146 valence electrons. The molecule has 2 heterocycles. The number of aryl methyl sites for hydroxylation is 3. The molecular formula is C22H23ClN2OS2. The average molecular weight is 431 g/mol. The number of halogens is 1. The van der Waals surface area contributed by atoms with Gasteiger partial charge in [-0.3, -0.25) is 4.79 Å². The monoisotopic (exact) mass is 430 g/mol. The van der Waals surface area contributed by atoms with Crippen LogP contribution in [0.25, 0.3) is 10.6 Å². The second-order valence-corrected chi connectivity index (χ2v) is 11.0. The molecule has 6 heteroatoms. The van der Waals surface area contributed by atoms with E-state index in [2.05, 4.69) is 13.0 Å². The Kier molecular flexibility index (Phi) is 5.19. The number of ketones is 1. The van der Waals surface area contributed by atoms with Crippen molar-refractivity contribution in [2.75, 3.05) is 0 Å². The number of benzene rings is 1. The predicted molar refractivity (Wildman–Crippen MR) is 118 cm³/mol. The van der Waals surface area contributed by atoms with Crippen LogP contribution in [0.3, 0.4) is 0 Å². The highest BCUT2D eigenvalue weighted by Crippen LogP contribution is 2.40. The van der Waals surface area contributed by atoms with Crippen molar-refractivity contribution in [3.8, 4) is 10.6 Å². The standard InChI is InChI=1S/C22H23ClN2OS2/c1-12-5-6-14(23)9-13(12)10-18-25-20-16(27-18)8-7-15-21(20)28-19(24-15)11-17(26)22(2,3)4/h5-6,9H,7-8,10-11H2,1-4H3. The van der Waals surface area contributed by atoms with Crippen LogP contribution in [0.2, 0.25) is 5.02 Å². The number of rotatable bonds is 4. The SMILES string of the molecule is Cc1ccc(Cl)cc1Cc1nc2c(s1)CCc1nc(CC(=O)C(C)(C)C)sc1-2. The van der Waals surface area contributed by atoms with E-state index >= 15 is 0 Å². The molecule has 3 aromatic rings. The number of aromatic nitrogens is 2. The molecule has 0 bridgehead atoms. The molecule has 0 amide bonds. The molecule has 0 fully saturated rings. The summed E-state index contributed by atoms with van der Waals surface area (Å²) in [5.74, 6) is 0.231. The molecular weight excluding hydrogens is 408 g/mol. The zero-order chi connectivity index (χ0) is 20.1. The van der Waals surface area contributed by atoms with Gasteiger partial charge < -0.3 is 0 Å². The third-order valence-corrected chi connectivity index (χ3v) is 7.54. The fraction of sp³-hybridized carbons (Fsp3) is 0.409. The third-order valence-electron chi connectivity index (χ3n) is 5.09. The van der Waals surface area contributed by atoms with Gasteiger partial charge in [0.15, 0.2) is 0 Å². The molecule has 0 spiro atoms. The Bertz CT molecular complexity index is 1060. The van der Waals surface area contributed by atoms with Crippen molar-refractivity contribution in [3.05, 3.63) is 54.9 Å². The van der Waals surface area contributed by atoms with Gasteiger partial charge in [0, 0.05) is 21.7 Å². The summed E-state index contributed by atoms with van der Waals surface area (Å²) in [7, 11) is 0. The molecule has 0 aliphatic heterocycles. The molecule has 4 rings (SSSR count). The molecule has 28 heavy (non-hydrogen) atoms. The van der Waals surface area contributed by atoms with Crippen LogP contribution in [0.4, 0.5) is 0 Å². The van der Waals surface area contributed by atoms with Crippen LogP contribution >= 0.6 is 34.3 Å². The zero-order valence-corrected chi connectivity index (χ0v) is 18.9. The number of Topliss-reactive ketones (excluding diaryl/α,β-unsaturated/α-hetero) is 1. The van der Waals surface area contributed by atoms with Gasteiger partial charge >= 0.3 is 0 Å². The fourth-order valence-corrected chi connectivity index (χ4v) is 5.76. The predicted octanol–water partition coefficient (Wildman–Crippen LogP) is 6.08. The first-order valence-corrected chi connectivity index (χ1v) is 11.5. The quantitative estimate of drug-likeness (QED) is 0.504. The minimum Gasteiger partial charge on any atom is -0.299 e. The van der Waals surface area contributed by atoms with E-state index in [1.807, 2.05) is 32.9 Å². The second kappa shape index (κ2) is 7.36. The number of carbonyl (C=O) groups excluding carboxylic acids is 1. The van der Waals surface area contributed by atoms with Gasteiger partial charge in [-0.1, -0.05) is 38.4 Å². The summed E-state index contributed by atoms with van der Waals surface area (Å²) in [5.41, 5.74) is 4.30. The Labute approximate surface area is 178 Å². The van der Waals surface area contributed by atoms with Crippen LogP contribution in [-0.2, 0) is 30.5 Å². The van der Waals surface area contributed by atoms with Gasteiger partial charge in [-0.25, -0.2) is 9.97 Å². The first-order valence-electron chi connectivity index (χ1n) is 9.46. The summed E-state index contributed by atoms with van der Waals surface area (Å²) >= 11 is 9.61. The highest BCUT2D eigenvalue weighted by Gasteiger charge is 2.27. The van der Waals surface area contributed by atoms with Crippen molar-refractivity contribution in [3.63, 3.8) is 0 Å². The van der Waals surface area contributed by atoms with Gasteiger partial charge in [0.25, 0.3) is 0 Å². The highest BCUT2D eigenvalue weighted by atomic mass is 35.5. The Morgan fingerprint density at radius 2 is 1.93 bits per heavy atom. The largest absolute Gasteiger partial charge is 0.299 e. The molecule has 2 aromatic heterocycles. The molecule has 0 atom stereocenters. The molecule has 3 nitrogen and oxygen atoms in total. The van der Waals surface area contributed by atoms with Crippen LogP contribution in [0.15, 0.2) is 18.2 Å². The average Bonchev–Trinajstić information content (AvgIpc) is 3.20. The summed E-state index contributed by atoms with van der Waals surface area (Å²) in [6.07, 6.45) is 3.12. The van der Waals surface area contributed by atoms with Crippen molar-refractivity contribution < 1.29 is 4.79 Å². The Morgan fingerprint density at radius 1 is 1.14 bits per heavy atom. The fourth-order valence-electron chi connectivity index (χ4n) is 3.28. The molecule has 0 unspecified atom stereocenters. The van der Waals surface area contributed by atoms with Crippen molar-refractivity contribution in [2.24, 2.45) is 5.41 Å². The molecule has 1 aromatic carbocycles. The Balaban J connectivity index is 1.61. The van der Waals surface area contributed by atoms with Gasteiger partial charge in [0.1, 0.15) is 10.8 Å². The molecule has 1 aliphatic carbocycles. The van der Waals surface area contributed by atoms with E-state index in [4.69, 9.17) is 21.6 Å². The first kappa shape index (κ1) is 19.7. The minimum absolute atomic E-state index is 0.231. The van der Waals surface area contributed by atoms with Crippen LogP contribution in [0.5, 0.6) is 0 Å². The third kappa shape index (κ3) is 3.93. The number of fused-ring (bicyclic) bond motifs is 3. The first-order chi connectivity index (χ1) is 13.2. The molecule has 0 saturated carbocycles. The Hall–Kier alpha value is -1.56. The lowest BCUT2D eigenvalue weighted by Gasteiger charge is -2.15. The van der Waals surface area contributed by atoms with E-state index in [0.717, 1.165) is 50.6 Å².